The molecule has 0 fully saturated rings. The Labute approximate surface area is 87.7 Å². The first-order valence-corrected chi connectivity index (χ1v) is 4.90. The number of anilines is 2. The van der Waals surface area contributed by atoms with Gasteiger partial charge in [0.2, 0.25) is 0 Å². The first-order chi connectivity index (χ1) is 7.16. The van der Waals surface area contributed by atoms with Crippen molar-refractivity contribution in [3.05, 3.63) is 35.6 Å². The first-order valence-electron chi connectivity index (χ1n) is 4.90. The molecule has 0 heterocycles. The van der Waals surface area contributed by atoms with Gasteiger partial charge in [0.15, 0.2) is 0 Å². The van der Waals surface area contributed by atoms with E-state index in [0.29, 0.717) is 34.1 Å². The third-order valence-electron chi connectivity index (χ3n) is 2.69. The number of hydrogen-bond donors (Lipinski definition) is 2. The SMILES string of the molecule is CCc1c(N)c(N)c2ccccc2c1F. The van der Waals surface area contributed by atoms with Gasteiger partial charge in [-0.2, -0.15) is 0 Å². The summed E-state index contributed by atoms with van der Waals surface area (Å²) < 4.78 is 14.0. The quantitative estimate of drug-likeness (QED) is 0.702. The molecule has 0 aliphatic heterocycles. The van der Waals surface area contributed by atoms with E-state index < -0.39 is 0 Å². The van der Waals surface area contributed by atoms with Crippen LogP contribution in [0.3, 0.4) is 0 Å². The topological polar surface area (TPSA) is 52.0 Å². The van der Waals surface area contributed by atoms with Gasteiger partial charge in [-0.3, -0.25) is 0 Å². The number of halogens is 1. The second-order valence-electron chi connectivity index (χ2n) is 3.52. The third-order valence-corrected chi connectivity index (χ3v) is 2.69. The zero-order valence-electron chi connectivity index (χ0n) is 8.55. The van der Waals surface area contributed by atoms with Gasteiger partial charge < -0.3 is 11.5 Å². The summed E-state index contributed by atoms with van der Waals surface area (Å²) in [6.07, 6.45) is 0.548. The van der Waals surface area contributed by atoms with Crippen LogP contribution in [0.15, 0.2) is 24.3 Å². The minimum atomic E-state index is -0.250. The lowest BCUT2D eigenvalue weighted by molar-refractivity contribution is 0.625. The van der Waals surface area contributed by atoms with E-state index in [1.807, 2.05) is 13.0 Å². The van der Waals surface area contributed by atoms with Gasteiger partial charge in [-0.1, -0.05) is 31.2 Å². The van der Waals surface area contributed by atoms with Crippen molar-refractivity contribution in [3.63, 3.8) is 0 Å². The molecule has 2 rings (SSSR count). The van der Waals surface area contributed by atoms with Gasteiger partial charge in [0, 0.05) is 16.3 Å². The monoisotopic (exact) mass is 204 g/mol. The van der Waals surface area contributed by atoms with Crippen LogP contribution in [0.1, 0.15) is 12.5 Å². The second kappa shape index (κ2) is 3.42. The van der Waals surface area contributed by atoms with Gasteiger partial charge in [-0.15, -0.1) is 0 Å². The van der Waals surface area contributed by atoms with Crippen LogP contribution in [0.5, 0.6) is 0 Å². The largest absolute Gasteiger partial charge is 0.397 e. The standard InChI is InChI=1S/C12H13FN2/c1-2-7-10(13)8-5-3-4-6-9(8)12(15)11(7)14/h3-6H,2,14-15H2,1H3. The van der Waals surface area contributed by atoms with E-state index in [2.05, 4.69) is 0 Å². The summed E-state index contributed by atoms with van der Waals surface area (Å²) in [5.41, 5.74) is 13.0. The highest BCUT2D eigenvalue weighted by atomic mass is 19.1. The van der Waals surface area contributed by atoms with Crippen LogP contribution in [0.25, 0.3) is 10.8 Å². The Kier molecular flexibility index (Phi) is 2.23. The normalized spacial score (nSPS) is 10.8. The number of benzene rings is 2. The predicted molar refractivity (Wildman–Crippen MR) is 62.1 cm³/mol. The maximum atomic E-state index is 14.0. The molecule has 0 amide bonds. The van der Waals surface area contributed by atoms with Gasteiger partial charge in [0.1, 0.15) is 5.82 Å². The fourth-order valence-corrected chi connectivity index (χ4v) is 1.84. The van der Waals surface area contributed by atoms with Gasteiger partial charge >= 0.3 is 0 Å². The van der Waals surface area contributed by atoms with Crippen molar-refractivity contribution in [2.45, 2.75) is 13.3 Å². The molecule has 0 saturated carbocycles. The lowest BCUT2D eigenvalue weighted by Gasteiger charge is -2.12. The van der Waals surface area contributed by atoms with Crippen molar-refractivity contribution in [1.82, 2.24) is 0 Å². The van der Waals surface area contributed by atoms with E-state index in [1.165, 1.54) is 0 Å². The van der Waals surface area contributed by atoms with E-state index in [-0.39, 0.29) is 5.82 Å². The van der Waals surface area contributed by atoms with E-state index in [9.17, 15) is 4.39 Å². The Morgan fingerprint density at radius 1 is 1.07 bits per heavy atom. The number of fused-ring (bicyclic) bond motifs is 1. The summed E-state index contributed by atoms with van der Waals surface area (Å²) in [4.78, 5) is 0. The van der Waals surface area contributed by atoms with E-state index >= 15 is 0 Å². The minimum Gasteiger partial charge on any atom is -0.397 e. The van der Waals surface area contributed by atoms with Gasteiger partial charge in [0.05, 0.1) is 11.4 Å². The lowest BCUT2D eigenvalue weighted by Crippen LogP contribution is -2.03. The highest BCUT2D eigenvalue weighted by Crippen LogP contribution is 2.33. The van der Waals surface area contributed by atoms with Crippen LogP contribution in [0, 0.1) is 5.82 Å². The molecular weight excluding hydrogens is 191 g/mol. The van der Waals surface area contributed by atoms with Crippen LogP contribution >= 0.6 is 0 Å². The Hall–Kier alpha value is -1.77. The summed E-state index contributed by atoms with van der Waals surface area (Å²) in [5.74, 6) is -0.250. The molecule has 2 aromatic carbocycles. The number of nitrogens with two attached hydrogens (primary N) is 2. The van der Waals surface area contributed by atoms with Crippen molar-refractivity contribution < 1.29 is 4.39 Å². The molecule has 0 atom stereocenters. The zero-order chi connectivity index (χ0) is 11.0. The molecule has 0 radical (unpaired) electrons. The molecule has 0 aliphatic carbocycles. The first kappa shape index (κ1) is 9.77. The smallest absolute Gasteiger partial charge is 0.136 e. The van der Waals surface area contributed by atoms with Gasteiger partial charge in [-0.25, -0.2) is 4.39 Å². The van der Waals surface area contributed by atoms with E-state index in [4.69, 9.17) is 11.5 Å². The van der Waals surface area contributed by atoms with Crippen LogP contribution in [-0.2, 0) is 6.42 Å². The summed E-state index contributed by atoms with van der Waals surface area (Å²) in [6.45, 7) is 1.86. The van der Waals surface area contributed by atoms with Crippen molar-refractivity contribution in [2.75, 3.05) is 11.5 Å². The molecule has 3 heteroatoms. The molecule has 78 valence electrons. The van der Waals surface area contributed by atoms with Crippen LogP contribution in [-0.4, -0.2) is 0 Å². The fourth-order valence-electron chi connectivity index (χ4n) is 1.84. The van der Waals surface area contributed by atoms with E-state index in [1.54, 1.807) is 18.2 Å². The number of hydrogen-bond acceptors (Lipinski definition) is 2. The minimum absolute atomic E-state index is 0.250. The lowest BCUT2D eigenvalue weighted by atomic mass is 10.0. The molecule has 2 nitrogen and oxygen atoms in total. The highest BCUT2D eigenvalue weighted by Gasteiger charge is 2.13. The Bertz CT molecular complexity index is 521. The molecule has 4 N–H and O–H groups in total. The molecule has 0 spiro atoms. The summed E-state index contributed by atoms with van der Waals surface area (Å²) in [5, 5.41) is 1.23. The fraction of sp³-hybridized carbons (Fsp3) is 0.167. The van der Waals surface area contributed by atoms with Gasteiger partial charge in [0.25, 0.3) is 0 Å². The predicted octanol–water partition coefficient (Wildman–Crippen LogP) is 2.71. The maximum Gasteiger partial charge on any atom is 0.136 e. The van der Waals surface area contributed by atoms with Crippen molar-refractivity contribution in [1.29, 1.82) is 0 Å². The summed E-state index contributed by atoms with van der Waals surface area (Å²) >= 11 is 0. The summed E-state index contributed by atoms with van der Waals surface area (Å²) in [7, 11) is 0. The zero-order valence-corrected chi connectivity index (χ0v) is 8.55. The molecule has 0 aliphatic rings. The second-order valence-corrected chi connectivity index (χ2v) is 3.52. The Morgan fingerprint density at radius 2 is 1.67 bits per heavy atom. The van der Waals surface area contributed by atoms with Crippen molar-refractivity contribution >= 4 is 22.1 Å². The van der Waals surface area contributed by atoms with Crippen LogP contribution in [0.4, 0.5) is 15.8 Å². The molecule has 0 bridgehead atoms. The number of nitrogen functional groups attached to an aromatic ring is 2. The average Bonchev–Trinajstić information content (AvgIpc) is 2.27. The molecule has 0 saturated heterocycles. The van der Waals surface area contributed by atoms with Crippen LogP contribution in [0.2, 0.25) is 0 Å². The average molecular weight is 204 g/mol. The Morgan fingerprint density at radius 3 is 2.27 bits per heavy atom. The Balaban J connectivity index is 2.96. The molecular formula is C12H13FN2. The van der Waals surface area contributed by atoms with Gasteiger partial charge in [-0.05, 0) is 6.42 Å². The molecule has 0 aromatic heterocycles. The van der Waals surface area contributed by atoms with E-state index in [0.717, 1.165) is 0 Å². The molecule has 2 aromatic rings. The van der Waals surface area contributed by atoms with Crippen molar-refractivity contribution in [2.24, 2.45) is 0 Å². The highest BCUT2D eigenvalue weighted by molar-refractivity contribution is 6.00. The molecule has 0 unspecified atom stereocenters. The third kappa shape index (κ3) is 1.31. The maximum absolute atomic E-state index is 14.0. The molecule has 15 heavy (non-hydrogen) atoms. The number of rotatable bonds is 1. The van der Waals surface area contributed by atoms with Crippen LogP contribution < -0.4 is 11.5 Å². The van der Waals surface area contributed by atoms with Crippen molar-refractivity contribution in [3.8, 4) is 0 Å². The summed E-state index contributed by atoms with van der Waals surface area (Å²) in [6, 6.07) is 7.12.